The van der Waals surface area contributed by atoms with Crippen LogP contribution < -0.4 is 16.0 Å². The van der Waals surface area contributed by atoms with E-state index < -0.39 is 0 Å². The largest absolute Gasteiger partial charge is 0.292 e. The maximum absolute atomic E-state index is 3.06. The van der Waals surface area contributed by atoms with Crippen molar-refractivity contribution in [2.45, 2.75) is 0 Å². The Hall–Kier alpha value is 0.412. The van der Waals surface area contributed by atoms with Gasteiger partial charge >= 0.3 is 0 Å². The van der Waals surface area contributed by atoms with E-state index in [1.165, 1.54) is 0 Å². The van der Waals surface area contributed by atoms with E-state index >= 15 is 0 Å². The van der Waals surface area contributed by atoms with Gasteiger partial charge in [0.15, 0.2) is 0 Å². The van der Waals surface area contributed by atoms with E-state index in [4.69, 9.17) is 0 Å². The molecule has 4 heteroatoms. The summed E-state index contributed by atoms with van der Waals surface area (Å²) in [5.41, 5.74) is 0. The van der Waals surface area contributed by atoms with Gasteiger partial charge in [-0.1, -0.05) is 0 Å². The second-order valence-electron chi connectivity index (χ2n) is 1.28. The van der Waals surface area contributed by atoms with E-state index in [-0.39, 0.29) is 17.4 Å². The first-order chi connectivity index (χ1) is 3.00. The van der Waals surface area contributed by atoms with Crippen molar-refractivity contribution in [2.24, 2.45) is 0 Å². The van der Waals surface area contributed by atoms with E-state index in [1.807, 2.05) is 0 Å². The summed E-state index contributed by atoms with van der Waals surface area (Å²) in [5.74, 6) is 0. The number of rotatable bonds is 0. The first-order valence-corrected chi connectivity index (χ1v) is 2.12. The van der Waals surface area contributed by atoms with Gasteiger partial charge in [0.25, 0.3) is 0 Å². The molecule has 1 fully saturated rings. The molecule has 3 nitrogen and oxygen atoms in total. The molecule has 42 valence electrons. The summed E-state index contributed by atoms with van der Waals surface area (Å²) < 4.78 is 0. The molecule has 0 aromatic carbocycles. The van der Waals surface area contributed by atoms with Crippen molar-refractivity contribution >= 4 is 0 Å². The van der Waals surface area contributed by atoms with Crippen molar-refractivity contribution in [3.63, 3.8) is 0 Å². The van der Waals surface area contributed by atoms with Crippen molar-refractivity contribution in [2.75, 3.05) is 20.0 Å². The molecule has 1 heterocycles. The normalized spacial score (nSPS) is 20.6. The van der Waals surface area contributed by atoms with Crippen LogP contribution in [-0.4, -0.2) is 20.0 Å². The Bertz CT molecular complexity index is 25.7. The van der Waals surface area contributed by atoms with E-state index in [1.54, 1.807) is 0 Å². The van der Waals surface area contributed by atoms with Gasteiger partial charge in [0.2, 0.25) is 0 Å². The van der Waals surface area contributed by atoms with Gasteiger partial charge in [-0.3, -0.25) is 16.0 Å². The van der Waals surface area contributed by atoms with Crippen LogP contribution in [0.15, 0.2) is 0 Å². The average molecular weight is 139 g/mol. The zero-order valence-corrected chi connectivity index (χ0v) is 5.30. The summed E-state index contributed by atoms with van der Waals surface area (Å²) in [5, 5.41) is 9.19. The molecule has 0 bridgehead atoms. The Morgan fingerprint density at radius 3 is 1.14 bits per heavy atom. The summed E-state index contributed by atoms with van der Waals surface area (Å²) in [4.78, 5) is 0. The molecular weight excluding hydrogens is 130 g/mol. The summed E-state index contributed by atoms with van der Waals surface area (Å²) in [7, 11) is 0. The van der Waals surface area contributed by atoms with Crippen LogP contribution in [0.2, 0.25) is 0 Å². The molecular formula is C3H9CrN3. The van der Waals surface area contributed by atoms with Crippen molar-refractivity contribution in [3.8, 4) is 0 Å². The number of hydrogen-bond donors (Lipinski definition) is 3. The third-order valence-corrected chi connectivity index (χ3v) is 0.750. The monoisotopic (exact) mass is 139 g/mol. The van der Waals surface area contributed by atoms with E-state index in [9.17, 15) is 0 Å². The minimum absolute atomic E-state index is 0. The van der Waals surface area contributed by atoms with Gasteiger partial charge in [-0.05, 0) is 0 Å². The summed E-state index contributed by atoms with van der Waals surface area (Å²) in [6, 6.07) is 0. The van der Waals surface area contributed by atoms with Gasteiger partial charge in [-0.15, -0.1) is 0 Å². The maximum atomic E-state index is 3.06. The summed E-state index contributed by atoms with van der Waals surface area (Å²) in [6.45, 7) is 2.81. The molecule has 0 aromatic heterocycles. The van der Waals surface area contributed by atoms with Gasteiger partial charge < -0.3 is 0 Å². The molecule has 1 aliphatic heterocycles. The Morgan fingerprint density at radius 2 is 1.00 bits per heavy atom. The predicted octanol–water partition coefficient (Wildman–Crippen LogP) is -1.36. The molecule has 0 spiro atoms. The van der Waals surface area contributed by atoms with Crippen LogP contribution in [0, 0.1) is 0 Å². The van der Waals surface area contributed by atoms with Crippen molar-refractivity contribution < 1.29 is 17.4 Å². The van der Waals surface area contributed by atoms with Crippen LogP contribution in [-0.2, 0) is 17.4 Å². The van der Waals surface area contributed by atoms with Gasteiger partial charge in [0.1, 0.15) is 0 Å². The summed E-state index contributed by atoms with van der Waals surface area (Å²) in [6.07, 6.45) is 0. The molecule has 0 radical (unpaired) electrons. The van der Waals surface area contributed by atoms with Crippen molar-refractivity contribution in [1.29, 1.82) is 0 Å². The van der Waals surface area contributed by atoms with E-state index in [0.717, 1.165) is 20.0 Å². The second kappa shape index (κ2) is 4.57. The van der Waals surface area contributed by atoms with Gasteiger partial charge in [0, 0.05) is 37.4 Å². The Balaban J connectivity index is 0.000000360. The molecule has 3 N–H and O–H groups in total. The Labute approximate surface area is 54.0 Å². The first-order valence-electron chi connectivity index (χ1n) is 2.12. The van der Waals surface area contributed by atoms with Gasteiger partial charge in [-0.2, -0.15) is 0 Å². The predicted molar refractivity (Wildman–Crippen MR) is 24.0 cm³/mol. The van der Waals surface area contributed by atoms with Crippen LogP contribution in [0.4, 0.5) is 0 Å². The SMILES string of the molecule is C1NCNCN1.[Cr]. The number of nitrogens with one attached hydrogen (secondary N) is 3. The molecule has 0 saturated carbocycles. The van der Waals surface area contributed by atoms with Gasteiger partial charge in [0.05, 0.1) is 0 Å². The van der Waals surface area contributed by atoms with E-state index in [0.29, 0.717) is 0 Å². The molecule has 1 rings (SSSR count). The quantitative estimate of drug-likeness (QED) is 0.388. The Morgan fingerprint density at radius 1 is 0.714 bits per heavy atom. The maximum Gasteiger partial charge on any atom is 0.0474 e. The van der Waals surface area contributed by atoms with Crippen LogP contribution >= 0.6 is 0 Å². The van der Waals surface area contributed by atoms with Gasteiger partial charge in [-0.25, -0.2) is 0 Å². The molecule has 1 saturated heterocycles. The molecule has 0 atom stereocenters. The minimum atomic E-state index is 0. The van der Waals surface area contributed by atoms with Crippen LogP contribution in [0.5, 0.6) is 0 Å². The van der Waals surface area contributed by atoms with Crippen LogP contribution in [0.1, 0.15) is 0 Å². The summed E-state index contributed by atoms with van der Waals surface area (Å²) >= 11 is 0. The molecule has 0 aliphatic carbocycles. The fourth-order valence-electron chi connectivity index (χ4n) is 0.453. The average Bonchev–Trinajstić information content (AvgIpc) is 1.72. The zero-order chi connectivity index (χ0) is 4.24. The Kier molecular flexibility index (Phi) is 4.84. The smallest absolute Gasteiger partial charge is 0.0474 e. The third-order valence-electron chi connectivity index (χ3n) is 0.750. The van der Waals surface area contributed by atoms with Crippen molar-refractivity contribution in [3.05, 3.63) is 0 Å². The van der Waals surface area contributed by atoms with Crippen LogP contribution in [0.3, 0.4) is 0 Å². The fraction of sp³-hybridized carbons (Fsp3) is 1.00. The van der Waals surface area contributed by atoms with Crippen molar-refractivity contribution in [1.82, 2.24) is 16.0 Å². The molecule has 1 aliphatic rings. The number of hydrogen-bond acceptors (Lipinski definition) is 3. The topological polar surface area (TPSA) is 36.1 Å². The molecule has 0 amide bonds. The van der Waals surface area contributed by atoms with E-state index in [2.05, 4.69) is 16.0 Å². The minimum Gasteiger partial charge on any atom is -0.292 e. The first kappa shape index (κ1) is 7.41. The fourth-order valence-corrected chi connectivity index (χ4v) is 0.453. The molecule has 0 unspecified atom stereocenters. The second-order valence-corrected chi connectivity index (χ2v) is 1.28. The molecule has 7 heavy (non-hydrogen) atoms. The third kappa shape index (κ3) is 3.04. The standard InChI is InChI=1S/C3H9N3.Cr/c1-4-2-6-3-5-1;/h4-6H,1-3H2;. The van der Waals surface area contributed by atoms with Crippen LogP contribution in [0.25, 0.3) is 0 Å². The molecule has 0 aromatic rings. The zero-order valence-electron chi connectivity index (χ0n) is 4.03.